The van der Waals surface area contributed by atoms with Crippen LogP contribution in [0.25, 0.3) is 5.65 Å². The van der Waals surface area contributed by atoms with E-state index < -0.39 is 0 Å². The Kier molecular flexibility index (Phi) is 8.28. The lowest BCUT2D eigenvalue weighted by molar-refractivity contribution is 0.0378. The molecule has 0 radical (unpaired) electrons. The van der Waals surface area contributed by atoms with Crippen LogP contribution in [0.5, 0.6) is 0 Å². The van der Waals surface area contributed by atoms with Gasteiger partial charge in [0, 0.05) is 38.3 Å². The highest BCUT2D eigenvalue weighted by atomic mass is 35.5. The van der Waals surface area contributed by atoms with Crippen LogP contribution in [-0.4, -0.2) is 77.4 Å². The lowest BCUT2D eigenvalue weighted by Crippen LogP contribution is -2.37. The number of ether oxygens (including phenoxy) is 1. The molecule has 8 nitrogen and oxygen atoms in total. The number of aromatic nitrogens is 3. The van der Waals surface area contributed by atoms with E-state index in [2.05, 4.69) is 38.4 Å². The first-order valence-corrected chi connectivity index (χ1v) is 9.28. The zero-order valence-corrected chi connectivity index (χ0v) is 17.7. The number of nitrogens with one attached hydrogen (secondary N) is 1. The number of likely N-dealkylation sites (N-methyl/N-ethyl adjacent to an activating group) is 1. The van der Waals surface area contributed by atoms with E-state index in [4.69, 9.17) is 4.74 Å². The zero-order valence-electron chi connectivity index (χ0n) is 16.1. The van der Waals surface area contributed by atoms with Gasteiger partial charge in [0.05, 0.1) is 18.8 Å². The second kappa shape index (κ2) is 10.2. The quantitative estimate of drug-likeness (QED) is 0.724. The predicted molar refractivity (Wildman–Crippen MR) is 113 cm³/mol. The van der Waals surface area contributed by atoms with Gasteiger partial charge in [-0.15, -0.1) is 35.0 Å². The lowest BCUT2D eigenvalue weighted by Gasteiger charge is -2.28. The number of nitrogens with zero attached hydrogens (tertiary/aromatic N) is 6. The fraction of sp³-hybridized carbons (Fsp3) is 0.611. The van der Waals surface area contributed by atoms with Gasteiger partial charge in [0.15, 0.2) is 5.65 Å². The molecule has 0 amide bonds. The van der Waals surface area contributed by atoms with Gasteiger partial charge >= 0.3 is 0 Å². The van der Waals surface area contributed by atoms with Gasteiger partial charge in [0.25, 0.3) is 0 Å². The summed E-state index contributed by atoms with van der Waals surface area (Å²) in [4.78, 5) is 4.68. The number of rotatable bonds is 5. The Bertz CT molecular complexity index is 829. The van der Waals surface area contributed by atoms with Crippen LogP contribution < -0.4 is 5.32 Å². The number of hydrogen-bond acceptors (Lipinski definition) is 7. The Hall–Kier alpha value is -1.63. The third-order valence-corrected chi connectivity index (χ3v) is 5.29. The Morgan fingerprint density at radius 2 is 2.00 bits per heavy atom. The second-order valence-electron chi connectivity index (χ2n) is 7.04. The summed E-state index contributed by atoms with van der Waals surface area (Å²) in [5.41, 5.74) is 3.86. The molecule has 2 aliphatic heterocycles. The number of nitriles is 1. The third kappa shape index (κ3) is 4.50. The first kappa shape index (κ1) is 22.7. The minimum Gasteiger partial charge on any atom is -0.379 e. The van der Waals surface area contributed by atoms with Gasteiger partial charge in [0.2, 0.25) is 0 Å². The number of pyridine rings is 1. The minimum atomic E-state index is 0. The summed E-state index contributed by atoms with van der Waals surface area (Å²) in [5.74, 6) is 0.831. The molecule has 1 N–H and O–H groups in total. The Labute approximate surface area is 177 Å². The fourth-order valence-corrected chi connectivity index (χ4v) is 3.88. The molecule has 2 aliphatic rings. The Morgan fingerprint density at radius 3 is 2.75 bits per heavy atom. The van der Waals surface area contributed by atoms with Crippen LogP contribution in [0.15, 0.2) is 6.33 Å². The predicted octanol–water partition coefficient (Wildman–Crippen LogP) is 1.57. The van der Waals surface area contributed by atoms with E-state index >= 15 is 0 Å². The molecule has 0 bridgehead atoms. The van der Waals surface area contributed by atoms with Gasteiger partial charge < -0.3 is 15.0 Å². The third-order valence-electron chi connectivity index (χ3n) is 5.29. The van der Waals surface area contributed by atoms with E-state index in [1.807, 2.05) is 4.40 Å². The van der Waals surface area contributed by atoms with Crippen LogP contribution in [0.2, 0.25) is 0 Å². The van der Waals surface area contributed by atoms with Crippen molar-refractivity contribution in [2.24, 2.45) is 0 Å². The molecule has 1 fully saturated rings. The van der Waals surface area contributed by atoms with Crippen LogP contribution in [0, 0.1) is 11.3 Å². The monoisotopic (exact) mass is 427 g/mol. The highest BCUT2D eigenvalue weighted by molar-refractivity contribution is 5.85. The molecule has 1 saturated heterocycles. The molecule has 28 heavy (non-hydrogen) atoms. The van der Waals surface area contributed by atoms with E-state index in [-0.39, 0.29) is 24.8 Å². The van der Waals surface area contributed by atoms with E-state index in [1.54, 1.807) is 6.33 Å². The van der Waals surface area contributed by atoms with Crippen LogP contribution in [-0.2, 0) is 17.7 Å². The maximum atomic E-state index is 9.82. The number of anilines is 1. The zero-order chi connectivity index (χ0) is 17.9. The summed E-state index contributed by atoms with van der Waals surface area (Å²) in [6, 6.07) is 2.43. The first-order chi connectivity index (χ1) is 12.8. The van der Waals surface area contributed by atoms with Crippen molar-refractivity contribution in [3.63, 3.8) is 0 Å². The number of hydrogen-bond donors (Lipinski definition) is 1. The average Bonchev–Trinajstić information content (AvgIpc) is 3.16. The van der Waals surface area contributed by atoms with Gasteiger partial charge in [-0.1, -0.05) is 0 Å². The molecular formula is C18H27Cl2N7O. The average molecular weight is 428 g/mol. The molecule has 4 heterocycles. The number of fused-ring (bicyclic) bond motifs is 3. The van der Waals surface area contributed by atoms with Crippen molar-refractivity contribution in [3.05, 3.63) is 23.0 Å². The van der Waals surface area contributed by atoms with Crippen molar-refractivity contribution in [2.75, 3.05) is 58.3 Å². The normalized spacial score (nSPS) is 17.3. The first-order valence-electron chi connectivity index (χ1n) is 9.28. The highest BCUT2D eigenvalue weighted by Crippen LogP contribution is 2.30. The molecular weight excluding hydrogens is 401 g/mol. The SMILES string of the molecule is CN1CCc2c(C#N)c(NCCCN3CCOCC3)n3cnnc3c2C1.Cl.Cl. The van der Waals surface area contributed by atoms with Crippen molar-refractivity contribution in [2.45, 2.75) is 19.4 Å². The van der Waals surface area contributed by atoms with Gasteiger partial charge in [-0.3, -0.25) is 9.30 Å². The number of halogens is 2. The largest absolute Gasteiger partial charge is 0.379 e. The molecule has 154 valence electrons. The Morgan fingerprint density at radius 1 is 1.21 bits per heavy atom. The molecule has 2 aromatic heterocycles. The van der Waals surface area contributed by atoms with Crippen LogP contribution >= 0.6 is 24.8 Å². The van der Waals surface area contributed by atoms with Crippen molar-refractivity contribution >= 4 is 36.3 Å². The van der Waals surface area contributed by atoms with E-state index in [1.165, 1.54) is 0 Å². The standard InChI is InChI=1S/C18H25N7O.2ClH/c1-23-6-3-14-15(11-19)17(25-13-21-22-18(25)16(14)12-23)20-4-2-5-24-7-9-26-10-8-24;;/h13,20H,2-10,12H2,1H3;2*1H. The second-order valence-corrected chi connectivity index (χ2v) is 7.04. The molecule has 10 heteroatoms. The summed E-state index contributed by atoms with van der Waals surface area (Å²) < 4.78 is 7.33. The van der Waals surface area contributed by atoms with Crippen LogP contribution in [0.3, 0.4) is 0 Å². The summed E-state index contributed by atoms with van der Waals surface area (Å²) >= 11 is 0. The number of morpholine rings is 1. The molecule has 0 spiro atoms. The van der Waals surface area contributed by atoms with E-state index in [0.29, 0.717) is 0 Å². The Balaban J connectivity index is 0.00000140. The smallest absolute Gasteiger partial charge is 0.167 e. The van der Waals surface area contributed by atoms with Crippen molar-refractivity contribution < 1.29 is 4.74 Å². The van der Waals surface area contributed by atoms with Gasteiger partial charge in [0.1, 0.15) is 18.2 Å². The molecule has 0 unspecified atom stereocenters. The van der Waals surface area contributed by atoms with Crippen molar-refractivity contribution in [1.29, 1.82) is 5.26 Å². The molecule has 0 aliphatic carbocycles. The van der Waals surface area contributed by atoms with Gasteiger partial charge in [-0.2, -0.15) is 5.26 Å². The van der Waals surface area contributed by atoms with Crippen molar-refractivity contribution in [1.82, 2.24) is 24.4 Å². The summed E-state index contributed by atoms with van der Waals surface area (Å²) in [5, 5.41) is 21.7. The maximum Gasteiger partial charge on any atom is 0.167 e. The molecule has 0 saturated carbocycles. The summed E-state index contributed by atoms with van der Waals surface area (Å²) in [6.45, 7) is 7.29. The molecule has 4 rings (SSSR count). The van der Waals surface area contributed by atoms with Crippen molar-refractivity contribution in [3.8, 4) is 6.07 Å². The maximum absolute atomic E-state index is 9.82. The van der Waals surface area contributed by atoms with Crippen LogP contribution in [0.4, 0.5) is 5.82 Å². The lowest BCUT2D eigenvalue weighted by atomic mass is 9.96. The summed E-state index contributed by atoms with van der Waals surface area (Å²) in [6.07, 6.45) is 3.60. The molecule has 0 aromatic carbocycles. The highest BCUT2D eigenvalue weighted by Gasteiger charge is 2.24. The minimum absolute atomic E-state index is 0. The van der Waals surface area contributed by atoms with E-state index in [0.717, 1.165) is 93.5 Å². The van der Waals surface area contributed by atoms with Gasteiger partial charge in [-0.25, -0.2) is 0 Å². The van der Waals surface area contributed by atoms with Gasteiger partial charge in [-0.05, 0) is 32.0 Å². The van der Waals surface area contributed by atoms with E-state index in [9.17, 15) is 5.26 Å². The fourth-order valence-electron chi connectivity index (χ4n) is 3.88. The molecule has 2 aromatic rings. The topological polar surface area (TPSA) is 81.7 Å². The summed E-state index contributed by atoms with van der Waals surface area (Å²) in [7, 11) is 2.10. The molecule has 0 atom stereocenters. The van der Waals surface area contributed by atoms with Crippen LogP contribution in [0.1, 0.15) is 23.1 Å².